The van der Waals surface area contributed by atoms with Crippen LogP contribution in [0.5, 0.6) is 0 Å². The van der Waals surface area contributed by atoms with Gasteiger partial charge in [-0.3, -0.25) is 19.3 Å². The molecule has 4 rings (SSSR count). The summed E-state index contributed by atoms with van der Waals surface area (Å²) in [7, 11) is 0. The van der Waals surface area contributed by atoms with E-state index in [0.717, 1.165) is 35.3 Å². The van der Waals surface area contributed by atoms with E-state index >= 15 is 0 Å². The molecule has 4 aromatic rings. The zero-order valence-corrected chi connectivity index (χ0v) is 22.3. The topological polar surface area (TPSA) is 103 Å². The van der Waals surface area contributed by atoms with Crippen molar-refractivity contribution in [2.24, 2.45) is 5.73 Å². The number of hydrogen-bond donors (Lipinski definition) is 2. The third-order valence-electron chi connectivity index (χ3n) is 6.64. The molecule has 0 radical (unpaired) electrons. The molecule has 218 valence electrons. The van der Waals surface area contributed by atoms with Crippen LogP contribution in [-0.4, -0.2) is 26.6 Å². The number of alkyl halides is 2. The fourth-order valence-corrected chi connectivity index (χ4v) is 4.56. The normalized spacial score (nSPS) is 12.9. The van der Waals surface area contributed by atoms with Crippen LogP contribution in [0.3, 0.4) is 0 Å². The van der Waals surface area contributed by atoms with Gasteiger partial charge in [0.25, 0.3) is 11.8 Å². The molecule has 0 fully saturated rings. The van der Waals surface area contributed by atoms with Gasteiger partial charge in [0, 0.05) is 24.0 Å². The summed E-state index contributed by atoms with van der Waals surface area (Å²) in [6.07, 6.45) is 3.89. The molecule has 42 heavy (non-hydrogen) atoms. The minimum Gasteiger partial charge on any atom is -0.366 e. The molecule has 2 aromatic carbocycles. The maximum atomic E-state index is 14.2. The quantitative estimate of drug-likeness (QED) is 0.172. The lowest BCUT2D eigenvalue weighted by atomic mass is 9.94. The second kappa shape index (κ2) is 12.3. The van der Waals surface area contributed by atoms with E-state index < -0.39 is 52.8 Å². The highest BCUT2D eigenvalue weighted by atomic mass is 19.3. The largest absolute Gasteiger partial charge is 0.366 e. The van der Waals surface area contributed by atoms with Gasteiger partial charge in [-0.15, -0.1) is 0 Å². The van der Waals surface area contributed by atoms with Gasteiger partial charge >= 0.3 is 0 Å². The first-order valence-electron chi connectivity index (χ1n) is 12.8. The van der Waals surface area contributed by atoms with Crippen LogP contribution in [0.15, 0.2) is 79.8 Å². The molecule has 0 spiro atoms. The Morgan fingerprint density at radius 2 is 1.83 bits per heavy atom. The lowest BCUT2D eigenvalue weighted by Crippen LogP contribution is -2.37. The second-order valence-corrected chi connectivity index (χ2v) is 9.50. The van der Waals surface area contributed by atoms with Crippen LogP contribution in [0, 0.1) is 17.5 Å². The van der Waals surface area contributed by atoms with Gasteiger partial charge in [0.15, 0.2) is 0 Å². The molecule has 7 nitrogen and oxygen atoms in total. The molecule has 0 aliphatic heterocycles. The van der Waals surface area contributed by atoms with E-state index in [1.165, 1.54) is 18.3 Å². The van der Waals surface area contributed by atoms with Crippen LogP contribution in [0.25, 0.3) is 11.1 Å². The van der Waals surface area contributed by atoms with Gasteiger partial charge in [0.1, 0.15) is 23.5 Å². The Hall–Kier alpha value is -4.87. The lowest BCUT2D eigenvalue weighted by molar-refractivity contribution is -0.125. The van der Waals surface area contributed by atoms with Crippen LogP contribution in [0.2, 0.25) is 0 Å². The van der Waals surface area contributed by atoms with Crippen molar-refractivity contribution in [3.05, 3.63) is 120 Å². The molecule has 0 saturated carbocycles. The van der Waals surface area contributed by atoms with Gasteiger partial charge in [0.2, 0.25) is 5.91 Å². The number of halogens is 5. The Labute approximate surface area is 237 Å². The minimum atomic E-state index is -3.36. The molecular formula is C30H26F5N5O2. The second-order valence-electron chi connectivity index (χ2n) is 9.50. The summed E-state index contributed by atoms with van der Waals surface area (Å²) < 4.78 is 71.7. The fourth-order valence-electron chi connectivity index (χ4n) is 4.56. The molecule has 2 heterocycles. The first kappa shape index (κ1) is 30.1. The Bertz CT molecular complexity index is 1620. The third-order valence-corrected chi connectivity index (χ3v) is 6.64. The Balaban J connectivity index is 1.77. The van der Waals surface area contributed by atoms with Crippen molar-refractivity contribution >= 4 is 11.8 Å². The van der Waals surface area contributed by atoms with Gasteiger partial charge < -0.3 is 11.1 Å². The average molecular weight is 584 g/mol. The highest BCUT2D eigenvalue weighted by Crippen LogP contribution is 2.32. The Morgan fingerprint density at radius 3 is 2.48 bits per heavy atom. The molecule has 3 N–H and O–H groups in total. The Kier molecular flexibility index (Phi) is 8.84. The number of nitrogens with zero attached hydrogens (tertiary/aromatic N) is 3. The number of hydrogen-bond acceptors (Lipinski definition) is 4. The highest BCUT2D eigenvalue weighted by molar-refractivity contribution is 5.94. The van der Waals surface area contributed by atoms with Crippen LogP contribution in [-0.2, 0) is 17.1 Å². The number of carbonyl (C=O) groups excluding carboxylic acids is 2. The molecular weight excluding hydrogens is 557 g/mol. The number of aromatic nitrogens is 3. The molecule has 0 aliphatic carbocycles. The number of amides is 2. The minimum absolute atomic E-state index is 0.135. The first-order valence-corrected chi connectivity index (χ1v) is 12.8. The number of carbonyl (C=O) groups is 2. The van der Waals surface area contributed by atoms with Crippen LogP contribution < -0.4 is 11.1 Å². The predicted molar refractivity (Wildman–Crippen MR) is 145 cm³/mol. The maximum Gasteiger partial charge on any atom is 0.294 e. The van der Waals surface area contributed by atoms with Crippen LogP contribution in [0.1, 0.15) is 52.6 Å². The van der Waals surface area contributed by atoms with Gasteiger partial charge in [-0.25, -0.2) is 13.2 Å². The van der Waals surface area contributed by atoms with Crippen molar-refractivity contribution in [3.63, 3.8) is 0 Å². The molecule has 2 atom stereocenters. The summed E-state index contributed by atoms with van der Waals surface area (Å²) in [6.45, 7) is 4.78. The van der Waals surface area contributed by atoms with Crippen LogP contribution >= 0.6 is 0 Å². The standard InChI is InChI=1S/C30H26F5N5O2/c1-3-26(40-16-19(15-38-40)30(34,35)4-2)29(42)39-25(12-17-10-20(31)14-21(32)11-17)27-22(6-5-9-37-27)18-7-8-24(33)23(13-18)28(36)41/h4-11,13-16,25-26H,2-3,12H2,1H3,(H2,36,41)(H,39,42). The predicted octanol–water partition coefficient (Wildman–Crippen LogP) is 5.79. The van der Waals surface area contributed by atoms with E-state index in [9.17, 15) is 31.5 Å². The molecule has 2 unspecified atom stereocenters. The summed E-state index contributed by atoms with van der Waals surface area (Å²) >= 11 is 0. The van der Waals surface area contributed by atoms with E-state index in [1.54, 1.807) is 19.1 Å². The summed E-state index contributed by atoms with van der Waals surface area (Å²) in [5.41, 5.74) is 5.62. The molecule has 2 amide bonds. The first-order chi connectivity index (χ1) is 19.9. The number of nitrogens with two attached hydrogens (primary N) is 1. The third kappa shape index (κ3) is 6.54. The molecule has 0 aliphatic rings. The lowest BCUT2D eigenvalue weighted by Gasteiger charge is -2.24. The van der Waals surface area contributed by atoms with Crippen molar-refractivity contribution in [2.75, 3.05) is 0 Å². The van der Waals surface area contributed by atoms with E-state index in [1.807, 2.05) is 0 Å². The van der Waals surface area contributed by atoms with E-state index in [2.05, 4.69) is 22.0 Å². The van der Waals surface area contributed by atoms with Gasteiger partial charge in [-0.1, -0.05) is 25.6 Å². The number of pyridine rings is 1. The zero-order chi connectivity index (χ0) is 30.6. The monoisotopic (exact) mass is 583 g/mol. The van der Waals surface area contributed by atoms with Crippen molar-refractivity contribution in [3.8, 4) is 11.1 Å². The molecule has 0 saturated heterocycles. The van der Waals surface area contributed by atoms with Gasteiger partial charge in [0.05, 0.1) is 29.1 Å². The van der Waals surface area contributed by atoms with Crippen molar-refractivity contribution in [1.82, 2.24) is 20.1 Å². The number of benzene rings is 2. The van der Waals surface area contributed by atoms with E-state index in [4.69, 9.17) is 5.73 Å². The zero-order valence-electron chi connectivity index (χ0n) is 22.3. The number of primary amides is 1. The highest BCUT2D eigenvalue weighted by Gasteiger charge is 2.32. The summed E-state index contributed by atoms with van der Waals surface area (Å²) in [5.74, 6) is -7.49. The summed E-state index contributed by atoms with van der Waals surface area (Å²) in [5, 5.41) is 6.75. The van der Waals surface area contributed by atoms with Gasteiger partial charge in [-0.05, 0) is 60.4 Å². The SMILES string of the molecule is C=CC(F)(F)c1cnn(C(CC)C(=O)NC(Cc2cc(F)cc(F)c2)c2ncccc2-c2ccc(F)c(C(N)=O)c2)c1. The maximum absolute atomic E-state index is 14.2. The summed E-state index contributed by atoms with van der Waals surface area (Å²) in [6, 6.07) is 7.72. The van der Waals surface area contributed by atoms with E-state index in [-0.39, 0.29) is 29.7 Å². The molecule has 12 heteroatoms. The summed E-state index contributed by atoms with van der Waals surface area (Å²) in [4.78, 5) is 29.8. The van der Waals surface area contributed by atoms with Crippen molar-refractivity contribution in [2.45, 2.75) is 37.8 Å². The number of rotatable bonds is 11. The average Bonchev–Trinajstić information content (AvgIpc) is 3.43. The van der Waals surface area contributed by atoms with Gasteiger partial charge in [-0.2, -0.15) is 13.9 Å². The molecule has 0 bridgehead atoms. The van der Waals surface area contributed by atoms with Crippen LogP contribution in [0.4, 0.5) is 22.0 Å². The molecule has 2 aromatic heterocycles. The van der Waals surface area contributed by atoms with Crippen molar-refractivity contribution in [1.29, 1.82) is 0 Å². The number of allylic oxidation sites excluding steroid dienone is 1. The van der Waals surface area contributed by atoms with Crippen molar-refractivity contribution < 1.29 is 31.5 Å². The Morgan fingerprint density at radius 1 is 1.12 bits per heavy atom. The number of nitrogens with one attached hydrogen (secondary N) is 1. The fraction of sp³-hybridized carbons (Fsp3) is 0.200. The smallest absolute Gasteiger partial charge is 0.294 e. The van der Waals surface area contributed by atoms with E-state index in [0.29, 0.717) is 23.3 Å².